The van der Waals surface area contributed by atoms with Crippen LogP contribution >= 0.6 is 68.0 Å². The van der Waals surface area contributed by atoms with Gasteiger partial charge in [-0.2, -0.15) is 0 Å². The van der Waals surface area contributed by atoms with Gasteiger partial charge in [-0.3, -0.25) is 14.5 Å². The number of nitrogens with zero attached hydrogens (tertiary/aromatic N) is 7. The fraction of sp³-hybridized carbons (Fsp3) is 0.0250. The van der Waals surface area contributed by atoms with Gasteiger partial charge in [0.15, 0.2) is 11.6 Å². The summed E-state index contributed by atoms with van der Waals surface area (Å²) in [6.07, 6.45) is 12.7. The van der Waals surface area contributed by atoms with E-state index in [9.17, 15) is 38.4 Å². The Balaban J connectivity index is 0.0000000967. The Labute approximate surface area is 889 Å². The van der Waals surface area contributed by atoms with Crippen LogP contribution < -0.4 is 46.4 Å². The molecule has 146 heavy (non-hydrogen) atoms. The number of ketones is 8. The Hall–Kier alpha value is -14.3. The van der Waals surface area contributed by atoms with Crippen molar-refractivity contribution >= 4 is 363 Å². The van der Waals surface area contributed by atoms with Crippen LogP contribution in [-0.4, -0.2) is 135 Å². The number of benzene rings is 11. The minimum absolute atomic E-state index is 0.0536. The van der Waals surface area contributed by atoms with Gasteiger partial charge in [0.25, 0.3) is 0 Å². The molecule has 4 aliphatic carbocycles. The summed E-state index contributed by atoms with van der Waals surface area (Å²) in [5.74, 6) is 1.56. The number of para-hydroxylation sites is 5. The molecule has 11 aromatic heterocycles. The Morgan fingerprint density at radius 2 is 0.555 bits per heavy atom. The van der Waals surface area contributed by atoms with Crippen LogP contribution in [0.5, 0.6) is 0 Å². The van der Waals surface area contributed by atoms with Crippen LogP contribution in [0.4, 0.5) is 65.5 Å². The Morgan fingerprint density at radius 3 is 0.973 bits per heavy atom. The zero-order valence-electron chi connectivity index (χ0n) is 76.6. The van der Waals surface area contributed by atoms with Crippen molar-refractivity contribution in [2.45, 2.75) is 19.3 Å². The van der Waals surface area contributed by atoms with Crippen LogP contribution in [0.1, 0.15) is 127 Å². The van der Waals surface area contributed by atoms with Gasteiger partial charge < -0.3 is 0 Å². The van der Waals surface area contributed by atoms with E-state index in [2.05, 4.69) is 222 Å². The number of aromatic nitrogens is 3. The van der Waals surface area contributed by atoms with E-state index in [1.54, 1.807) is 135 Å². The molecule has 0 unspecified atom stereocenters. The van der Waals surface area contributed by atoms with E-state index in [-0.39, 0.29) is 142 Å². The summed E-state index contributed by atoms with van der Waals surface area (Å²) in [5.41, 5.74) is 13.4. The van der Waals surface area contributed by atoms with E-state index >= 15 is 0 Å². The number of fused-ring (bicyclic) bond motifs is 18. The van der Waals surface area contributed by atoms with Gasteiger partial charge >= 0.3 is 610 Å². The number of carbonyl (C=O) groups is 8. The van der Waals surface area contributed by atoms with E-state index in [1.807, 2.05) is 116 Å². The summed E-state index contributed by atoms with van der Waals surface area (Å²) in [7, 11) is 0. The van der Waals surface area contributed by atoms with Crippen molar-refractivity contribution in [2.75, 3.05) is 19.6 Å². The van der Waals surface area contributed by atoms with Crippen LogP contribution in [0, 0.1) is 0 Å². The maximum absolute atomic E-state index is 13.3. The van der Waals surface area contributed by atoms with Gasteiger partial charge in [-0.1, -0.05) is 111 Å². The first kappa shape index (κ1) is 90.5. The van der Waals surface area contributed by atoms with Crippen molar-refractivity contribution in [3.63, 3.8) is 0 Å². The topological polar surface area (TPSA) is 188 Å². The molecule has 0 atom stereocenters. The summed E-state index contributed by atoms with van der Waals surface area (Å²) in [4.78, 5) is 130. The molecule has 696 valence electrons. The van der Waals surface area contributed by atoms with E-state index < -0.39 is 0 Å². The van der Waals surface area contributed by atoms with Crippen molar-refractivity contribution < 1.29 is 38.4 Å². The summed E-state index contributed by atoms with van der Waals surface area (Å²) in [6, 6.07) is 110. The van der Waals surface area contributed by atoms with Gasteiger partial charge in [0.05, 0.1) is 11.3 Å². The SMILES string of the molecule is CC1(C)c2ccccc2N(c2cc3sc(C=C4C(=O)c5cc6ccccc6cc5C4=O)cc3s2)c2ncccc21.O=C1C(=Cc2cc3[se]c(N4c5ccccc5[Se]c5cccnc54)cc3[se]2)C(=O)c2cc3ccccc3cc21.O=C1C(=Cc2cc3sc(N4c5ccccc5[Se]c5ccccc54)cc3s2)C(=O)c2ccccc21.O=C1C(=Cc2cc3sc(N4c5ccccc5[Se]c5cccnc54)cc3s2)C(=O)c2ccccc21. The van der Waals surface area contributed by atoms with Crippen LogP contribution in [-0.2, 0) is 5.41 Å². The van der Waals surface area contributed by atoms with Crippen molar-refractivity contribution in [3.8, 4) is 0 Å². The summed E-state index contributed by atoms with van der Waals surface area (Å²) < 4.78 is 20.0. The predicted molar refractivity (Wildman–Crippen MR) is 604 cm³/mol. The van der Waals surface area contributed by atoms with Gasteiger partial charge in [0.1, 0.15) is 10.8 Å². The van der Waals surface area contributed by atoms with Gasteiger partial charge in [-0.05, 0) is 58.8 Å². The molecule has 11 aromatic carbocycles. The second-order valence-corrected chi connectivity index (χ2v) is 53.9. The van der Waals surface area contributed by atoms with E-state index in [4.69, 9.17) is 15.0 Å². The normalized spacial score (nSPS) is 14.6. The summed E-state index contributed by atoms with van der Waals surface area (Å²) >= 11 is 10.9. The molecule has 8 aliphatic rings. The molecular formula is C120H67N7O8S6Se5. The molecule has 15 heterocycles. The van der Waals surface area contributed by atoms with E-state index in [0.29, 0.717) is 50.1 Å². The number of hydrogen-bond acceptors (Lipinski definition) is 21. The predicted octanol–water partition coefficient (Wildman–Crippen LogP) is 24.6. The first-order valence-corrected chi connectivity index (χ1v) is 60.0. The average molecular weight is 2320 g/mol. The zero-order valence-corrected chi connectivity index (χ0v) is 90.1. The summed E-state index contributed by atoms with van der Waals surface area (Å²) in [6.45, 7) is 4.51. The maximum atomic E-state index is 13.3. The number of rotatable bonds is 8. The van der Waals surface area contributed by atoms with E-state index in [1.165, 1.54) is 78.7 Å². The number of Topliss-reactive ketones (excluding diaryl/α,β-unsaturated/α-hetero) is 8. The van der Waals surface area contributed by atoms with Crippen molar-refractivity contribution in [1.82, 2.24) is 15.0 Å². The molecule has 0 fully saturated rings. The number of thiophene rings is 6. The van der Waals surface area contributed by atoms with Crippen molar-refractivity contribution in [1.29, 1.82) is 0 Å². The zero-order chi connectivity index (χ0) is 98.2. The van der Waals surface area contributed by atoms with Gasteiger partial charge in [-0.25, -0.2) is 4.98 Å². The second-order valence-electron chi connectivity index (χ2n) is 36.0. The van der Waals surface area contributed by atoms with Crippen LogP contribution in [0.2, 0.25) is 0 Å². The molecule has 0 saturated heterocycles. The van der Waals surface area contributed by atoms with Crippen molar-refractivity contribution in [2.24, 2.45) is 0 Å². The first-order chi connectivity index (χ1) is 71.4. The molecule has 22 aromatic rings. The Kier molecular flexibility index (Phi) is 22.4. The third-order valence-electron chi connectivity index (χ3n) is 26.9. The van der Waals surface area contributed by atoms with Gasteiger partial charge in [-0.15, -0.1) is 22.7 Å². The molecule has 0 bridgehead atoms. The Morgan fingerprint density at radius 1 is 0.253 bits per heavy atom. The minimum atomic E-state index is -0.196. The van der Waals surface area contributed by atoms with E-state index in [0.717, 1.165) is 102 Å². The molecule has 30 rings (SSSR count). The smallest absolute Gasteiger partial charge is 0.0615 e. The molecule has 26 heteroatoms. The van der Waals surface area contributed by atoms with Gasteiger partial charge in [0, 0.05) is 42.6 Å². The number of anilines is 12. The molecule has 15 nitrogen and oxygen atoms in total. The van der Waals surface area contributed by atoms with Crippen LogP contribution in [0.3, 0.4) is 0 Å². The quantitative estimate of drug-likeness (QED) is 0.0793. The monoisotopic (exact) mass is 2320 g/mol. The van der Waals surface area contributed by atoms with Crippen molar-refractivity contribution in [3.05, 3.63) is 443 Å². The number of hydrogen-bond donors (Lipinski definition) is 0. The minimum Gasteiger partial charge on any atom is -0.0615 e. The first-order valence-electron chi connectivity index (χ1n) is 46.6. The number of pyridine rings is 3. The fourth-order valence-electron chi connectivity index (χ4n) is 20.1. The molecule has 0 N–H and O–H groups in total. The third kappa shape index (κ3) is 15.4. The molecular weight excluding hydrogens is 2250 g/mol. The number of carbonyl (C=O) groups excluding carboxylic acids is 8. The van der Waals surface area contributed by atoms with Crippen LogP contribution in [0.25, 0.3) is 82.6 Å². The second kappa shape index (κ2) is 36.1. The number of allylic oxidation sites excluding steroid dienone is 4. The fourth-order valence-corrected chi connectivity index (χ4v) is 39.5. The molecule has 0 radical (unpaired) electrons. The molecule has 4 aliphatic heterocycles. The molecule has 0 amide bonds. The molecule has 0 spiro atoms. The van der Waals surface area contributed by atoms with Crippen LogP contribution in [0.15, 0.2) is 368 Å². The average Bonchev–Trinajstić information content (AvgIpc) is 1.31. The Bertz CT molecular complexity index is 8940. The third-order valence-corrected chi connectivity index (χ3v) is 45.7. The van der Waals surface area contributed by atoms with Gasteiger partial charge in [0.2, 0.25) is 0 Å². The standard InChI is InChI=1S/C34H22N2O2S2.C31H16N2O2Se3.C28H15NO2S2Se.C27H14N2O2S2Se/c1-34(2)25-10-5-6-12-27(25)36(33-26(34)11-7-13-35-33)30-18-29-28(40-30)17-21(39-29)16-24-31(37)22-14-19-8-3-4-9-20(19)15-23(22)32(24)38;34-29-20-12-17-6-1-2-7-18(17)13-21(20)30(35)22(29)14-19-15-26-27(36-19)16-28(38-26)33-23-8-3-4-9-24(23)37-25-10-5-11-32-31(25)33;30-27-17-7-1-2-8-18(17)28(31)19(27)13-16-14-22-23(32-16)15-26(33-22)29-20-9-3-5-11-24(20)34-25-12-6-4-10-21(25)29;30-25-16-6-1-2-7-17(16)26(31)18(25)12-15-13-20-21(32-15)14-24(33-20)29-19-8-3-4-9-22(19)34-23-10-5-11-28-27(23)29/h3-18H,1-2H3;1-16H;1-15H;1-14H. The summed E-state index contributed by atoms with van der Waals surface area (Å²) in [5, 5.41) is 7.28. The molecule has 0 saturated carbocycles.